The quantitative estimate of drug-likeness (QED) is 0.872. The second-order valence-electron chi connectivity index (χ2n) is 5.05. The van der Waals surface area contributed by atoms with Crippen LogP contribution in [0.2, 0.25) is 0 Å². The number of hydrogen-bond donors (Lipinski definition) is 1. The van der Waals surface area contributed by atoms with E-state index in [0.29, 0.717) is 22.9 Å². The molecule has 3 rings (SSSR count). The highest BCUT2D eigenvalue weighted by atomic mass is 79.9. The summed E-state index contributed by atoms with van der Waals surface area (Å²) in [6, 6.07) is 0. The Labute approximate surface area is 114 Å². The van der Waals surface area contributed by atoms with E-state index < -0.39 is 0 Å². The van der Waals surface area contributed by atoms with Gasteiger partial charge < -0.3 is 10.2 Å². The number of aryl methyl sites for hydroxylation is 1. The molecule has 0 bridgehead atoms. The van der Waals surface area contributed by atoms with Gasteiger partial charge in [-0.1, -0.05) is 0 Å². The van der Waals surface area contributed by atoms with E-state index >= 15 is 0 Å². The molecule has 0 radical (unpaired) electrons. The zero-order valence-electron chi connectivity index (χ0n) is 10.4. The van der Waals surface area contributed by atoms with Gasteiger partial charge in [0, 0.05) is 32.7 Å². The highest BCUT2D eigenvalue weighted by molar-refractivity contribution is 9.10. The number of anilines is 1. The van der Waals surface area contributed by atoms with Gasteiger partial charge in [0.2, 0.25) is 0 Å². The first-order chi connectivity index (χ1) is 8.70. The van der Waals surface area contributed by atoms with Gasteiger partial charge in [-0.05, 0) is 34.7 Å². The van der Waals surface area contributed by atoms with Crippen LogP contribution >= 0.6 is 15.9 Å². The number of rotatable bonds is 2. The van der Waals surface area contributed by atoms with Gasteiger partial charge in [-0.3, -0.25) is 4.79 Å². The van der Waals surface area contributed by atoms with Crippen molar-refractivity contribution in [3.05, 3.63) is 21.0 Å². The molecule has 0 amide bonds. The van der Waals surface area contributed by atoms with E-state index in [-0.39, 0.29) is 5.56 Å². The van der Waals surface area contributed by atoms with Gasteiger partial charge in [-0.2, -0.15) is 5.10 Å². The predicted octanol–water partition coefficient (Wildman–Crippen LogP) is 0.681. The van der Waals surface area contributed by atoms with Crippen LogP contribution in [0.25, 0.3) is 0 Å². The van der Waals surface area contributed by atoms with E-state index in [9.17, 15) is 4.79 Å². The molecule has 1 aromatic heterocycles. The summed E-state index contributed by atoms with van der Waals surface area (Å²) in [7, 11) is 0. The van der Waals surface area contributed by atoms with E-state index in [1.165, 1.54) is 4.68 Å². The molecule has 1 aromatic rings. The second-order valence-corrected chi connectivity index (χ2v) is 5.84. The summed E-state index contributed by atoms with van der Waals surface area (Å²) < 4.78 is 2.12. The molecule has 5 nitrogen and oxygen atoms in total. The number of halogens is 1. The first-order valence-corrected chi connectivity index (χ1v) is 7.21. The Hall–Kier alpha value is -0.880. The maximum atomic E-state index is 12.0. The Balaban J connectivity index is 1.90. The molecule has 1 N–H and O–H groups in total. The molecule has 2 aliphatic heterocycles. The van der Waals surface area contributed by atoms with Crippen LogP contribution in [-0.2, 0) is 6.54 Å². The van der Waals surface area contributed by atoms with Gasteiger partial charge in [0.25, 0.3) is 5.56 Å². The monoisotopic (exact) mass is 312 g/mol. The van der Waals surface area contributed by atoms with Crippen LogP contribution in [0, 0.1) is 11.8 Å². The Bertz CT molecular complexity index is 503. The van der Waals surface area contributed by atoms with Gasteiger partial charge in [0.1, 0.15) is 4.47 Å². The molecule has 0 aromatic carbocycles. The van der Waals surface area contributed by atoms with Gasteiger partial charge in [0.15, 0.2) is 0 Å². The summed E-state index contributed by atoms with van der Waals surface area (Å²) in [6.07, 6.45) is 1.81. The van der Waals surface area contributed by atoms with E-state index in [1.807, 2.05) is 13.1 Å². The number of fused-ring (bicyclic) bond motifs is 1. The molecule has 3 heterocycles. The summed E-state index contributed by atoms with van der Waals surface area (Å²) in [5.74, 6) is 1.43. The first-order valence-electron chi connectivity index (χ1n) is 6.42. The fraction of sp³-hybridized carbons (Fsp3) is 0.667. The molecule has 2 saturated heterocycles. The standard InChI is InChI=1S/C12H17BrN4O/c1-2-17-12(18)11(13)10(5-15-17)16-6-8-3-14-4-9(8)7-16/h5,8-9,14H,2-4,6-7H2,1H3. The molecule has 2 atom stereocenters. The van der Waals surface area contributed by atoms with Crippen molar-refractivity contribution in [3.8, 4) is 0 Å². The number of nitrogens with zero attached hydrogens (tertiary/aromatic N) is 3. The van der Waals surface area contributed by atoms with E-state index in [1.54, 1.807) is 0 Å². The number of aromatic nitrogens is 2. The van der Waals surface area contributed by atoms with Crippen molar-refractivity contribution in [1.29, 1.82) is 0 Å². The van der Waals surface area contributed by atoms with Crippen LogP contribution in [0.1, 0.15) is 6.92 Å². The number of hydrogen-bond acceptors (Lipinski definition) is 4. The Morgan fingerprint density at radius 3 is 2.72 bits per heavy atom. The Morgan fingerprint density at radius 2 is 2.11 bits per heavy atom. The van der Waals surface area contributed by atoms with Gasteiger partial charge in [0.05, 0.1) is 11.9 Å². The second kappa shape index (κ2) is 4.66. The molecule has 6 heteroatoms. The lowest BCUT2D eigenvalue weighted by Gasteiger charge is -2.20. The Kier molecular flexibility index (Phi) is 3.15. The smallest absolute Gasteiger partial charge is 0.283 e. The van der Waals surface area contributed by atoms with Crippen LogP contribution in [0.3, 0.4) is 0 Å². The van der Waals surface area contributed by atoms with Crippen LogP contribution in [-0.4, -0.2) is 36.0 Å². The summed E-state index contributed by atoms with van der Waals surface area (Å²) in [5, 5.41) is 7.63. The van der Waals surface area contributed by atoms with Gasteiger partial charge in [-0.15, -0.1) is 0 Å². The minimum atomic E-state index is -0.0369. The minimum absolute atomic E-state index is 0.0369. The molecule has 0 aliphatic carbocycles. The molecular formula is C12H17BrN4O. The zero-order chi connectivity index (χ0) is 12.7. The average Bonchev–Trinajstić information content (AvgIpc) is 2.93. The molecule has 18 heavy (non-hydrogen) atoms. The normalized spacial score (nSPS) is 26.7. The summed E-state index contributed by atoms with van der Waals surface area (Å²) >= 11 is 3.43. The van der Waals surface area contributed by atoms with Crippen molar-refractivity contribution in [3.63, 3.8) is 0 Å². The van der Waals surface area contributed by atoms with E-state index in [4.69, 9.17) is 0 Å². The molecule has 0 spiro atoms. The lowest BCUT2D eigenvalue weighted by Crippen LogP contribution is -2.30. The van der Waals surface area contributed by atoms with Crippen LogP contribution in [0.4, 0.5) is 5.69 Å². The maximum Gasteiger partial charge on any atom is 0.283 e. The largest absolute Gasteiger partial charge is 0.368 e. The SMILES string of the molecule is CCn1ncc(N2CC3CNCC3C2)c(Br)c1=O. The van der Waals surface area contributed by atoms with Gasteiger partial charge >= 0.3 is 0 Å². The van der Waals surface area contributed by atoms with Crippen LogP contribution in [0.15, 0.2) is 15.5 Å². The minimum Gasteiger partial charge on any atom is -0.368 e. The lowest BCUT2D eigenvalue weighted by molar-refractivity contribution is 0.533. The highest BCUT2D eigenvalue weighted by Gasteiger charge is 2.37. The maximum absolute atomic E-state index is 12.0. The number of nitrogens with one attached hydrogen (secondary N) is 1. The third-order valence-corrected chi connectivity index (χ3v) is 4.74. The zero-order valence-corrected chi connectivity index (χ0v) is 12.0. The average molecular weight is 313 g/mol. The molecular weight excluding hydrogens is 296 g/mol. The van der Waals surface area contributed by atoms with E-state index in [0.717, 1.165) is 31.9 Å². The third-order valence-electron chi connectivity index (χ3n) is 4.00. The predicted molar refractivity (Wildman–Crippen MR) is 73.9 cm³/mol. The van der Waals surface area contributed by atoms with Crippen molar-refractivity contribution < 1.29 is 0 Å². The highest BCUT2D eigenvalue weighted by Crippen LogP contribution is 2.32. The topological polar surface area (TPSA) is 50.2 Å². The first kappa shape index (κ1) is 12.2. The molecule has 98 valence electrons. The lowest BCUT2D eigenvalue weighted by atomic mass is 10.0. The molecule has 2 aliphatic rings. The van der Waals surface area contributed by atoms with Crippen LogP contribution in [0.5, 0.6) is 0 Å². The summed E-state index contributed by atoms with van der Waals surface area (Å²) in [6.45, 7) is 6.76. The Morgan fingerprint density at radius 1 is 1.44 bits per heavy atom. The molecule has 2 unspecified atom stereocenters. The summed E-state index contributed by atoms with van der Waals surface area (Å²) in [5.41, 5.74) is 0.907. The fourth-order valence-electron chi connectivity index (χ4n) is 2.95. The van der Waals surface area contributed by atoms with Gasteiger partial charge in [-0.25, -0.2) is 4.68 Å². The fourth-order valence-corrected chi connectivity index (χ4v) is 3.51. The van der Waals surface area contributed by atoms with Crippen molar-refractivity contribution >= 4 is 21.6 Å². The van der Waals surface area contributed by atoms with Crippen molar-refractivity contribution in [2.75, 3.05) is 31.1 Å². The summed E-state index contributed by atoms with van der Waals surface area (Å²) in [4.78, 5) is 14.3. The van der Waals surface area contributed by atoms with Crippen molar-refractivity contribution in [2.45, 2.75) is 13.5 Å². The van der Waals surface area contributed by atoms with Crippen molar-refractivity contribution in [1.82, 2.24) is 15.1 Å². The molecule has 0 saturated carbocycles. The third kappa shape index (κ3) is 1.87. The van der Waals surface area contributed by atoms with Crippen molar-refractivity contribution in [2.24, 2.45) is 11.8 Å². The van der Waals surface area contributed by atoms with E-state index in [2.05, 4.69) is 31.2 Å². The van der Waals surface area contributed by atoms with Crippen LogP contribution < -0.4 is 15.8 Å². The molecule has 2 fully saturated rings.